The molecular formula is C20H30N4O. The first-order chi connectivity index (χ1) is 11.8. The Morgan fingerprint density at radius 3 is 2.64 bits per heavy atom. The first-order valence-electron chi connectivity index (χ1n) is 8.99. The number of aryl methyl sites for hydroxylation is 1. The monoisotopic (exact) mass is 342 g/mol. The number of nitrogens with one attached hydrogen (secondary N) is 2. The summed E-state index contributed by atoms with van der Waals surface area (Å²) in [6.45, 7) is 11.7. The van der Waals surface area contributed by atoms with Crippen molar-refractivity contribution in [2.75, 3.05) is 18.4 Å². The predicted octanol–water partition coefficient (Wildman–Crippen LogP) is 3.81. The highest BCUT2D eigenvalue weighted by atomic mass is 16.2. The van der Waals surface area contributed by atoms with Gasteiger partial charge < -0.3 is 10.6 Å². The number of carbonyl (C=O) groups is 1. The minimum absolute atomic E-state index is 0.0506. The number of nitrogens with zero attached hydrogens (tertiary/aromatic N) is 2. The number of unbranched alkanes of at least 4 members (excludes halogenated alkanes) is 1. The summed E-state index contributed by atoms with van der Waals surface area (Å²) in [5.74, 6) is 0.656. The molecule has 0 aliphatic carbocycles. The molecule has 0 saturated heterocycles. The summed E-state index contributed by atoms with van der Waals surface area (Å²) in [4.78, 5) is 12.3. The standard InChI is InChI=1S/C20H30N4O/c1-6-7-11-21-14-19(25)22-18-13-17(20(3,4)5)23-24(18)16-10-8-9-15(2)12-16/h8-10,12-13,21H,6-7,11,14H2,1-5H3,(H,22,25). The van der Waals surface area contributed by atoms with Gasteiger partial charge in [-0.2, -0.15) is 5.10 Å². The van der Waals surface area contributed by atoms with Crippen molar-refractivity contribution in [3.8, 4) is 5.69 Å². The summed E-state index contributed by atoms with van der Waals surface area (Å²) in [5, 5.41) is 10.9. The summed E-state index contributed by atoms with van der Waals surface area (Å²) in [6.07, 6.45) is 2.19. The van der Waals surface area contributed by atoms with Gasteiger partial charge in [-0.1, -0.05) is 46.2 Å². The van der Waals surface area contributed by atoms with Crippen LogP contribution in [0.15, 0.2) is 30.3 Å². The lowest BCUT2D eigenvalue weighted by atomic mass is 9.92. The smallest absolute Gasteiger partial charge is 0.239 e. The van der Waals surface area contributed by atoms with Gasteiger partial charge >= 0.3 is 0 Å². The van der Waals surface area contributed by atoms with E-state index in [1.165, 1.54) is 0 Å². The topological polar surface area (TPSA) is 59.0 Å². The lowest BCUT2D eigenvalue weighted by Gasteiger charge is -2.14. The van der Waals surface area contributed by atoms with Crippen molar-refractivity contribution in [2.45, 2.75) is 52.9 Å². The Bertz CT molecular complexity index is 713. The Morgan fingerprint density at radius 2 is 2.00 bits per heavy atom. The molecule has 0 aliphatic heterocycles. The third-order valence-electron chi connectivity index (χ3n) is 3.98. The van der Waals surface area contributed by atoms with Crippen molar-refractivity contribution >= 4 is 11.7 Å². The van der Waals surface area contributed by atoms with E-state index < -0.39 is 0 Å². The summed E-state index contributed by atoms with van der Waals surface area (Å²) < 4.78 is 1.82. The second-order valence-electron chi connectivity index (χ2n) is 7.49. The quantitative estimate of drug-likeness (QED) is 0.752. The van der Waals surface area contributed by atoms with E-state index in [-0.39, 0.29) is 11.3 Å². The Labute approximate surface area is 150 Å². The van der Waals surface area contributed by atoms with E-state index in [0.29, 0.717) is 12.4 Å². The van der Waals surface area contributed by atoms with Gasteiger partial charge in [0.2, 0.25) is 5.91 Å². The maximum Gasteiger partial charge on any atom is 0.239 e. The van der Waals surface area contributed by atoms with Crippen LogP contribution in [-0.2, 0) is 10.2 Å². The fourth-order valence-corrected chi connectivity index (χ4v) is 2.48. The molecule has 136 valence electrons. The average Bonchev–Trinajstić information content (AvgIpc) is 2.95. The second-order valence-corrected chi connectivity index (χ2v) is 7.49. The van der Waals surface area contributed by atoms with Crippen LogP contribution < -0.4 is 10.6 Å². The molecule has 0 fully saturated rings. The number of carbonyl (C=O) groups excluding carboxylic acids is 1. The van der Waals surface area contributed by atoms with Crippen molar-refractivity contribution in [1.29, 1.82) is 0 Å². The van der Waals surface area contributed by atoms with Crippen molar-refractivity contribution in [2.24, 2.45) is 0 Å². The van der Waals surface area contributed by atoms with E-state index in [1.807, 2.05) is 35.9 Å². The predicted molar refractivity (Wildman–Crippen MR) is 103 cm³/mol. The summed E-state index contributed by atoms with van der Waals surface area (Å²) in [7, 11) is 0. The number of benzene rings is 1. The van der Waals surface area contributed by atoms with Crippen LogP contribution in [0.2, 0.25) is 0 Å². The maximum absolute atomic E-state index is 12.3. The highest BCUT2D eigenvalue weighted by Crippen LogP contribution is 2.26. The highest BCUT2D eigenvalue weighted by Gasteiger charge is 2.21. The normalized spacial score (nSPS) is 11.6. The number of rotatable bonds is 7. The zero-order valence-electron chi connectivity index (χ0n) is 16.0. The number of aromatic nitrogens is 2. The van der Waals surface area contributed by atoms with E-state index >= 15 is 0 Å². The molecule has 0 aliphatic rings. The molecule has 0 unspecified atom stereocenters. The van der Waals surface area contributed by atoms with Gasteiger partial charge in [-0.3, -0.25) is 4.79 Å². The van der Waals surface area contributed by atoms with Crippen molar-refractivity contribution in [3.63, 3.8) is 0 Å². The van der Waals surface area contributed by atoms with Crippen LogP contribution in [0.1, 0.15) is 51.8 Å². The van der Waals surface area contributed by atoms with Crippen LogP contribution >= 0.6 is 0 Å². The lowest BCUT2D eigenvalue weighted by molar-refractivity contribution is -0.115. The minimum atomic E-state index is -0.0894. The first-order valence-corrected chi connectivity index (χ1v) is 8.99. The van der Waals surface area contributed by atoms with Crippen LogP contribution in [0.4, 0.5) is 5.82 Å². The van der Waals surface area contributed by atoms with E-state index in [4.69, 9.17) is 5.10 Å². The molecule has 2 N–H and O–H groups in total. The Kier molecular flexibility index (Phi) is 6.37. The molecule has 1 aromatic carbocycles. The van der Waals surface area contributed by atoms with Gasteiger partial charge in [-0.05, 0) is 37.6 Å². The number of hydrogen-bond donors (Lipinski definition) is 2. The number of anilines is 1. The molecule has 5 nitrogen and oxygen atoms in total. The Balaban J connectivity index is 2.23. The molecule has 1 heterocycles. The molecule has 0 atom stereocenters. The third-order valence-corrected chi connectivity index (χ3v) is 3.98. The van der Waals surface area contributed by atoms with E-state index in [1.54, 1.807) is 0 Å². The molecule has 2 aromatic rings. The van der Waals surface area contributed by atoms with Crippen LogP contribution in [0, 0.1) is 6.92 Å². The number of amides is 1. The lowest BCUT2D eigenvalue weighted by Crippen LogP contribution is -2.29. The van der Waals surface area contributed by atoms with E-state index in [0.717, 1.165) is 36.3 Å². The Hall–Kier alpha value is -2.14. The number of hydrogen-bond acceptors (Lipinski definition) is 3. The van der Waals surface area contributed by atoms with Crippen molar-refractivity contribution in [1.82, 2.24) is 15.1 Å². The van der Waals surface area contributed by atoms with Crippen molar-refractivity contribution < 1.29 is 4.79 Å². The summed E-state index contributed by atoms with van der Waals surface area (Å²) in [6, 6.07) is 10.1. The van der Waals surface area contributed by atoms with Gasteiger partial charge in [0.05, 0.1) is 17.9 Å². The molecule has 0 saturated carbocycles. The van der Waals surface area contributed by atoms with Gasteiger partial charge in [0.25, 0.3) is 0 Å². The minimum Gasteiger partial charge on any atom is -0.309 e. The van der Waals surface area contributed by atoms with Crippen LogP contribution in [0.25, 0.3) is 5.69 Å². The van der Waals surface area contributed by atoms with Gasteiger partial charge in [0, 0.05) is 11.5 Å². The zero-order valence-corrected chi connectivity index (χ0v) is 16.0. The highest BCUT2D eigenvalue weighted by molar-refractivity contribution is 5.91. The first kappa shape index (κ1) is 19.2. The molecule has 5 heteroatoms. The largest absolute Gasteiger partial charge is 0.309 e. The van der Waals surface area contributed by atoms with Gasteiger partial charge in [0.15, 0.2) is 0 Å². The van der Waals surface area contributed by atoms with E-state index in [2.05, 4.69) is 44.4 Å². The fourth-order valence-electron chi connectivity index (χ4n) is 2.48. The summed E-state index contributed by atoms with van der Waals surface area (Å²) in [5.41, 5.74) is 2.96. The average molecular weight is 342 g/mol. The molecule has 0 spiro atoms. The van der Waals surface area contributed by atoms with Gasteiger partial charge in [-0.25, -0.2) is 4.68 Å². The molecular weight excluding hydrogens is 312 g/mol. The molecule has 2 rings (SSSR count). The fraction of sp³-hybridized carbons (Fsp3) is 0.500. The second kappa shape index (κ2) is 8.30. The van der Waals surface area contributed by atoms with Crippen LogP contribution in [-0.4, -0.2) is 28.8 Å². The summed E-state index contributed by atoms with van der Waals surface area (Å²) >= 11 is 0. The van der Waals surface area contributed by atoms with Crippen LogP contribution in [0.3, 0.4) is 0 Å². The molecule has 1 amide bonds. The molecule has 25 heavy (non-hydrogen) atoms. The molecule has 1 aromatic heterocycles. The molecule has 0 bridgehead atoms. The van der Waals surface area contributed by atoms with Gasteiger partial charge in [0.1, 0.15) is 5.82 Å². The third kappa shape index (κ3) is 5.43. The van der Waals surface area contributed by atoms with Gasteiger partial charge in [-0.15, -0.1) is 0 Å². The van der Waals surface area contributed by atoms with Crippen LogP contribution in [0.5, 0.6) is 0 Å². The zero-order chi connectivity index (χ0) is 18.4. The van der Waals surface area contributed by atoms with Crippen molar-refractivity contribution in [3.05, 3.63) is 41.6 Å². The van der Waals surface area contributed by atoms with E-state index in [9.17, 15) is 4.79 Å². The molecule has 0 radical (unpaired) electrons. The Morgan fingerprint density at radius 1 is 1.24 bits per heavy atom. The maximum atomic E-state index is 12.3. The SMILES string of the molecule is CCCCNCC(=O)Nc1cc(C(C)(C)C)nn1-c1cccc(C)c1.